The highest BCUT2D eigenvalue weighted by molar-refractivity contribution is 6.04. The fourth-order valence-electron chi connectivity index (χ4n) is 3.19. The molecular weight excluding hydrogens is 358 g/mol. The number of aromatic nitrogens is 4. The SMILES string of the molecule is c1coc(-c2oc3ncnc(NCCCn4ccnc4)c3c2-c2ccco2)c1. The molecule has 8 heteroatoms. The Labute approximate surface area is 159 Å². The Morgan fingerprint density at radius 1 is 1.04 bits per heavy atom. The van der Waals surface area contributed by atoms with Gasteiger partial charge in [-0.1, -0.05) is 0 Å². The molecule has 0 saturated carbocycles. The van der Waals surface area contributed by atoms with Gasteiger partial charge in [-0.25, -0.2) is 15.0 Å². The molecule has 28 heavy (non-hydrogen) atoms. The van der Waals surface area contributed by atoms with Crippen molar-refractivity contribution in [2.24, 2.45) is 0 Å². The Balaban J connectivity index is 1.51. The molecule has 1 N–H and O–H groups in total. The maximum absolute atomic E-state index is 6.02. The minimum Gasteiger partial charge on any atom is -0.464 e. The lowest BCUT2D eigenvalue weighted by Crippen LogP contribution is -2.07. The Morgan fingerprint density at radius 2 is 1.89 bits per heavy atom. The van der Waals surface area contributed by atoms with Crippen molar-refractivity contribution in [3.05, 3.63) is 61.8 Å². The molecule has 5 aromatic heterocycles. The van der Waals surface area contributed by atoms with Gasteiger partial charge in [0.1, 0.15) is 17.9 Å². The average molecular weight is 375 g/mol. The molecule has 0 unspecified atom stereocenters. The van der Waals surface area contributed by atoms with Gasteiger partial charge in [-0.3, -0.25) is 0 Å². The van der Waals surface area contributed by atoms with Crippen molar-refractivity contribution < 1.29 is 13.3 Å². The first kappa shape index (κ1) is 16.4. The summed E-state index contributed by atoms with van der Waals surface area (Å²) in [6.07, 6.45) is 11.2. The van der Waals surface area contributed by atoms with Gasteiger partial charge in [-0.15, -0.1) is 0 Å². The summed E-state index contributed by atoms with van der Waals surface area (Å²) >= 11 is 0. The summed E-state index contributed by atoms with van der Waals surface area (Å²) in [4.78, 5) is 12.8. The molecule has 0 spiro atoms. The summed E-state index contributed by atoms with van der Waals surface area (Å²) in [5, 5.41) is 4.16. The van der Waals surface area contributed by atoms with E-state index in [1.807, 2.05) is 41.4 Å². The smallest absolute Gasteiger partial charge is 0.232 e. The van der Waals surface area contributed by atoms with Gasteiger partial charge in [0.2, 0.25) is 5.71 Å². The molecule has 0 saturated heterocycles. The third-order valence-electron chi connectivity index (χ3n) is 4.45. The summed E-state index contributed by atoms with van der Waals surface area (Å²) in [7, 11) is 0. The normalized spacial score (nSPS) is 11.3. The topological polar surface area (TPSA) is 95.1 Å². The largest absolute Gasteiger partial charge is 0.464 e. The lowest BCUT2D eigenvalue weighted by atomic mass is 10.1. The van der Waals surface area contributed by atoms with Crippen molar-refractivity contribution in [3.8, 4) is 22.8 Å². The number of nitrogens with one attached hydrogen (secondary N) is 1. The van der Waals surface area contributed by atoms with Crippen LogP contribution in [0.5, 0.6) is 0 Å². The fraction of sp³-hybridized carbons (Fsp3) is 0.150. The van der Waals surface area contributed by atoms with E-state index in [0.717, 1.165) is 30.5 Å². The highest BCUT2D eigenvalue weighted by atomic mass is 16.4. The Morgan fingerprint density at radius 3 is 2.64 bits per heavy atom. The molecule has 0 aliphatic heterocycles. The lowest BCUT2D eigenvalue weighted by Gasteiger charge is -2.07. The second-order valence-electron chi connectivity index (χ2n) is 6.24. The molecule has 0 atom stereocenters. The fourth-order valence-corrected chi connectivity index (χ4v) is 3.19. The second-order valence-corrected chi connectivity index (χ2v) is 6.24. The van der Waals surface area contributed by atoms with Crippen LogP contribution < -0.4 is 5.32 Å². The summed E-state index contributed by atoms with van der Waals surface area (Å²) in [6.45, 7) is 1.61. The van der Waals surface area contributed by atoms with Gasteiger partial charge in [0.25, 0.3) is 0 Å². The Hall–Kier alpha value is -3.81. The van der Waals surface area contributed by atoms with Gasteiger partial charge in [0.05, 0.1) is 29.8 Å². The van der Waals surface area contributed by atoms with Crippen LogP contribution in [-0.2, 0) is 6.54 Å². The van der Waals surface area contributed by atoms with Gasteiger partial charge in [-0.2, -0.15) is 0 Å². The molecule has 0 fully saturated rings. The summed E-state index contributed by atoms with van der Waals surface area (Å²) in [5.74, 6) is 2.54. The molecule has 0 aliphatic rings. The van der Waals surface area contributed by atoms with Crippen LogP contribution in [0, 0.1) is 0 Å². The number of nitrogens with zero attached hydrogens (tertiary/aromatic N) is 4. The number of furan rings is 3. The van der Waals surface area contributed by atoms with E-state index < -0.39 is 0 Å². The van der Waals surface area contributed by atoms with Crippen molar-refractivity contribution in [3.63, 3.8) is 0 Å². The third kappa shape index (κ3) is 2.94. The number of hydrogen-bond donors (Lipinski definition) is 1. The van der Waals surface area contributed by atoms with Crippen LogP contribution in [0.4, 0.5) is 5.82 Å². The molecule has 0 aromatic carbocycles. The van der Waals surface area contributed by atoms with E-state index >= 15 is 0 Å². The van der Waals surface area contributed by atoms with E-state index in [2.05, 4.69) is 20.3 Å². The number of aryl methyl sites for hydroxylation is 1. The highest BCUT2D eigenvalue weighted by Gasteiger charge is 2.25. The molecule has 5 aromatic rings. The Bertz CT molecular complexity index is 1160. The summed E-state index contributed by atoms with van der Waals surface area (Å²) in [6, 6.07) is 7.37. The van der Waals surface area contributed by atoms with Gasteiger partial charge >= 0.3 is 0 Å². The minimum absolute atomic E-state index is 0.477. The van der Waals surface area contributed by atoms with Crippen molar-refractivity contribution in [2.45, 2.75) is 13.0 Å². The summed E-state index contributed by atoms with van der Waals surface area (Å²) < 4.78 is 19.3. The van der Waals surface area contributed by atoms with Crippen LogP contribution in [0.15, 0.2) is 75.1 Å². The highest BCUT2D eigenvalue weighted by Crippen LogP contribution is 2.42. The van der Waals surface area contributed by atoms with Crippen LogP contribution in [0.25, 0.3) is 33.9 Å². The van der Waals surface area contributed by atoms with E-state index in [0.29, 0.717) is 28.8 Å². The predicted octanol–water partition coefficient (Wildman–Crippen LogP) is 4.44. The maximum Gasteiger partial charge on any atom is 0.232 e. The van der Waals surface area contributed by atoms with E-state index in [-0.39, 0.29) is 0 Å². The molecule has 0 aliphatic carbocycles. The van der Waals surface area contributed by atoms with Crippen LogP contribution >= 0.6 is 0 Å². The van der Waals surface area contributed by atoms with Crippen LogP contribution in [0.3, 0.4) is 0 Å². The molecule has 5 heterocycles. The average Bonchev–Trinajstić information content (AvgIpc) is 3.51. The van der Waals surface area contributed by atoms with Crippen molar-refractivity contribution in [2.75, 3.05) is 11.9 Å². The quantitative estimate of drug-likeness (QED) is 0.420. The maximum atomic E-state index is 6.02. The Kier molecular flexibility index (Phi) is 4.13. The number of rotatable bonds is 7. The minimum atomic E-state index is 0.477. The molecule has 5 rings (SSSR count). The molecule has 140 valence electrons. The van der Waals surface area contributed by atoms with Gasteiger partial charge in [-0.05, 0) is 30.7 Å². The molecule has 0 amide bonds. The van der Waals surface area contributed by atoms with Gasteiger partial charge < -0.3 is 23.1 Å². The summed E-state index contributed by atoms with van der Waals surface area (Å²) in [5.41, 5.74) is 1.25. The monoisotopic (exact) mass is 375 g/mol. The number of hydrogen-bond acceptors (Lipinski definition) is 7. The number of imidazole rings is 1. The van der Waals surface area contributed by atoms with E-state index in [1.54, 1.807) is 18.7 Å². The van der Waals surface area contributed by atoms with Crippen LogP contribution in [0.1, 0.15) is 6.42 Å². The van der Waals surface area contributed by atoms with E-state index in [9.17, 15) is 0 Å². The van der Waals surface area contributed by atoms with Crippen LogP contribution in [-0.4, -0.2) is 26.1 Å². The standard InChI is InChI=1S/C20H17N5O3/c1-4-14(26-10-1)16-17-19(22-6-3-8-25-9-7-21-13-25)23-12-24-20(17)28-18(16)15-5-2-11-27-15/h1-2,4-5,7,9-13H,3,6,8H2,(H,22,23,24). The number of anilines is 1. The molecule has 0 bridgehead atoms. The molecule has 8 nitrogen and oxygen atoms in total. The van der Waals surface area contributed by atoms with E-state index in [4.69, 9.17) is 13.3 Å². The first-order valence-corrected chi connectivity index (χ1v) is 8.95. The zero-order valence-electron chi connectivity index (χ0n) is 14.9. The lowest BCUT2D eigenvalue weighted by molar-refractivity contribution is 0.536. The molecule has 0 radical (unpaired) electrons. The molecular formula is C20H17N5O3. The van der Waals surface area contributed by atoms with E-state index in [1.165, 1.54) is 6.33 Å². The van der Waals surface area contributed by atoms with Gasteiger partial charge in [0.15, 0.2) is 11.5 Å². The van der Waals surface area contributed by atoms with Crippen molar-refractivity contribution in [1.29, 1.82) is 0 Å². The zero-order valence-corrected chi connectivity index (χ0v) is 14.9. The zero-order chi connectivity index (χ0) is 18.8. The van der Waals surface area contributed by atoms with Crippen molar-refractivity contribution >= 4 is 16.9 Å². The number of fused-ring (bicyclic) bond motifs is 1. The van der Waals surface area contributed by atoms with Gasteiger partial charge in [0, 0.05) is 25.5 Å². The van der Waals surface area contributed by atoms with Crippen LogP contribution in [0.2, 0.25) is 0 Å². The second kappa shape index (κ2) is 7.07. The predicted molar refractivity (Wildman–Crippen MR) is 103 cm³/mol. The third-order valence-corrected chi connectivity index (χ3v) is 4.45. The first-order valence-electron chi connectivity index (χ1n) is 8.95. The van der Waals surface area contributed by atoms with Crippen molar-refractivity contribution in [1.82, 2.24) is 19.5 Å². The first-order chi connectivity index (χ1) is 13.9.